The Bertz CT molecular complexity index is 448. The summed E-state index contributed by atoms with van der Waals surface area (Å²) in [6, 6.07) is 3.59. The van der Waals surface area contributed by atoms with E-state index >= 15 is 0 Å². The second-order valence-corrected chi connectivity index (χ2v) is 4.50. The average Bonchev–Trinajstić information content (AvgIpc) is 2.95. The van der Waals surface area contributed by atoms with Crippen LogP contribution in [-0.2, 0) is 0 Å². The van der Waals surface area contributed by atoms with E-state index in [-0.39, 0.29) is 5.92 Å². The topological polar surface area (TPSA) is 78.1 Å². The highest BCUT2D eigenvalue weighted by Crippen LogP contribution is 2.24. The van der Waals surface area contributed by atoms with Crippen molar-refractivity contribution in [1.82, 2.24) is 10.1 Å². The Kier molecular flexibility index (Phi) is 3.58. The van der Waals surface area contributed by atoms with Gasteiger partial charge in [-0.05, 0) is 24.5 Å². The zero-order chi connectivity index (χ0) is 12.3. The van der Waals surface area contributed by atoms with Crippen LogP contribution in [0.2, 0.25) is 0 Å². The van der Waals surface area contributed by atoms with Crippen molar-refractivity contribution in [3.63, 3.8) is 0 Å². The Morgan fingerprint density at radius 2 is 2.24 bits per heavy atom. The van der Waals surface area contributed by atoms with E-state index in [1.807, 2.05) is 0 Å². The molecule has 2 aromatic heterocycles. The van der Waals surface area contributed by atoms with Crippen molar-refractivity contribution in [3.05, 3.63) is 24.3 Å². The minimum absolute atomic E-state index is 0.117. The van der Waals surface area contributed by atoms with Gasteiger partial charge in [-0.15, -0.1) is 0 Å². The van der Waals surface area contributed by atoms with Crippen LogP contribution in [0.5, 0.6) is 0 Å². The van der Waals surface area contributed by atoms with E-state index in [9.17, 15) is 0 Å². The summed E-state index contributed by atoms with van der Waals surface area (Å²) in [7, 11) is 0. The minimum atomic E-state index is 0.117. The van der Waals surface area contributed by atoms with Crippen molar-refractivity contribution in [3.8, 4) is 11.6 Å². The summed E-state index contributed by atoms with van der Waals surface area (Å²) >= 11 is 0. The van der Waals surface area contributed by atoms with Gasteiger partial charge in [0.2, 0.25) is 11.7 Å². The van der Waals surface area contributed by atoms with Crippen LogP contribution in [0.15, 0.2) is 27.3 Å². The molecule has 0 bridgehead atoms. The molecule has 0 saturated carbocycles. The molecule has 92 valence electrons. The molecule has 0 aliphatic heterocycles. The van der Waals surface area contributed by atoms with Crippen LogP contribution >= 0.6 is 0 Å². The fourth-order valence-corrected chi connectivity index (χ4v) is 1.77. The number of nitrogens with zero attached hydrogens (tertiary/aromatic N) is 2. The van der Waals surface area contributed by atoms with Crippen molar-refractivity contribution < 1.29 is 8.94 Å². The van der Waals surface area contributed by atoms with E-state index < -0.39 is 0 Å². The first kappa shape index (κ1) is 11.9. The lowest BCUT2D eigenvalue weighted by molar-refractivity contribution is 0.334. The third-order valence-electron chi connectivity index (χ3n) is 2.57. The van der Waals surface area contributed by atoms with Gasteiger partial charge < -0.3 is 14.7 Å². The van der Waals surface area contributed by atoms with Gasteiger partial charge in [0.25, 0.3) is 0 Å². The van der Waals surface area contributed by atoms with E-state index in [0.717, 1.165) is 6.42 Å². The molecule has 2 aromatic rings. The fraction of sp³-hybridized carbons (Fsp3) is 0.500. The number of rotatable bonds is 5. The van der Waals surface area contributed by atoms with Gasteiger partial charge in [0.1, 0.15) is 0 Å². The highest BCUT2D eigenvalue weighted by atomic mass is 16.5. The maximum absolute atomic E-state index is 5.73. The lowest BCUT2D eigenvalue weighted by Crippen LogP contribution is -2.15. The monoisotopic (exact) mass is 235 g/mol. The van der Waals surface area contributed by atoms with Gasteiger partial charge in [-0.3, -0.25) is 0 Å². The molecule has 1 atom stereocenters. The molecule has 2 heterocycles. The molecule has 0 radical (unpaired) electrons. The first-order valence-electron chi connectivity index (χ1n) is 5.78. The molecule has 2 rings (SSSR count). The molecule has 1 unspecified atom stereocenters. The number of hydrogen-bond donors (Lipinski definition) is 1. The van der Waals surface area contributed by atoms with Gasteiger partial charge >= 0.3 is 0 Å². The largest absolute Gasteiger partial charge is 0.461 e. The predicted octanol–water partition coefficient (Wildman–Crippen LogP) is 2.42. The molecule has 17 heavy (non-hydrogen) atoms. The van der Waals surface area contributed by atoms with Gasteiger partial charge in [-0.2, -0.15) is 4.98 Å². The van der Waals surface area contributed by atoms with Crippen LogP contribution in [0.3, 0.4) is 0 Å². The normalized spacial score (nSPS) is 13.2. The second kappa shape index (κ2) is 5.14. The van der Waals surface area contributed by atoms with E-state index in [2.05, 4.69) is 24.0 Å². The summed E-state index contributed by atoms with van der Waals surface area (Å²) in [6.45, 7) is 4.80. The van der Waals surface area contributed by atoms with Crippen LogP contribution in [-0.4, -0.2) is 16.7 Å². The molecular formula is C12H17N3O2. The summed E-state index contributed by atoms with van der Waals surface area (Å²) in [5.41, 5.74) is 5.73. The maximum atomic E-state index is 5.73. The van der Waals surface area contributed by atoms with Crippen LogP contribution in [0.25, 0.3) is 11.6 Å². The van der Waals surface area contributed by atoms with Crippen molar-refractivity contribution in [2.45, 2.75) is 26.2 Å². The Balaban J connectivity index is 2.16. The van der Waals surface area contributed by atoms with Crippen LogP contribution < -0.4 is 5.73 Å². The first-order valence-corrected chi connectivity index (χ1v) is 5.78. The van der Waals surface area contributed by atoms with E-state index in [1.54, 1.807) is 18.4 Å². The quantitative estimate of drug-likeness (QED) is 0.861. The number of nitrogens with two attached hydrogens (primary N) is 1. The first-order chi connectivity index (χ1) is 8.20. The lowest BCUT2D eigenvalue weighted by Gasteiger charge is -2.11. The second-order valence-electron chi connectivity index (χ2n) is 4.50. The summed E-state index contributed by atoms with van der Waals surface area (Å²) < 4.78 is 10.5. The van der Waals surface area contributed by atoms with Gasteiger partial charge in [-0.1, -0.05) is 19.0 Å². The van der Waals surface area contributed by atoms with E-state index in [4.69, 9.17) is 14.7 Å². The van der Waals surface area contributed by atoms with Crippen molar-refractivity contribution in [1.29, 1.82) is 0 Å². The molecule has 0 fully saturated rings. The Labute approximate surface area is 100.0 Å². The van der Waals surface area contributed by atoms with Crippen LogP contribution in [0, 0.1) is 5.92 Å². The molecule has 0 aliphatic carbocycles. The smallest absolute Gasteiger partial charge is 0.238 e. The van der Waals surface area contributed by atoms with Crippen molar-refractivity contribution in [2.75, 3.05) is 6.54 Å². The zero-order valence-corrected chi connectivity index (χ0v) is 10.1. The SMILES string of the molecule is CC(C)CC(CN)c1nc(-c2ccco2)no1. The summed E-state index contributed by atoms with van der Waals surface area (Å²) in [5.74, 6) is 2.34. The van der Waals surface area contributed by atoms with Gasteiger partial charge in [0.15, 0.2) is 5.76 Å². The highest BCUT2D eigenvalue weighted by Gasteiger charge is 2.20. The van der Waals surface area contributed by atoms with Crippen molar-refractivity contribution in [2.24, 2.45) is 11.7 Å². The standard InChI is InChI=1S/C12H17N3O2/c1-8(2)6-9(7-13)12-14-11(15-17-12)10-4-3-5-16-10/h3-5,8-9H,6-7,13H2,1-2H3. The van der Waals surface area contributed by atoms with E-state index in [0.29, 0.717) is 29.9 Å². The Morgan fingerprint density at radius 1 is 1.41 bits per heavy atom. The molecule has 0 aromatic carbocycles. The molecule has 0 spiro atoms. The molecule has 0 saturated heterocycles. The predicted molar refractivity (Wildman–Crippen MR) is 63.3 cm³/mol. The number of aromatic nitrogens is 2. The number of furan rings is 1. The summed E-state index contributed by atoms with van der Waals surface area (Å²) in [4.78, 5) is 4.33. The highest BCUT2D eigenvalue weighted by molar-refractivity contribution is 5.44. The van der Waals surface area contributed by atoms with Crippen LogP contribution in [0.1, 0.15) is 32.1 Å². The summed E-state index contributed by atoms with van der Waals surface area (Å²) in [6.07, 6.45) is 2.52. The molecular weight excluding hydrogens is 218 g/mol. The minimum Gasteiger partial charge on any atom is -0.461 e. The Morgan fingerprint density at radius 3 is 2.82 bits per heavy atom. The molecule has 5 heteroatoms. The van der Waals surface area contributed by atoms with Gasteiger partial charge in [0.05, 0.1) is 12.2 Å². The third kappa shape index (κ3) is 2.74. The van der Waals surface area contributed by atoms with Gasteiger partial charge in [-0.25, -0.2) is 0 Å². The zero-order valence-electron chi connectivity index (χ0n) is 10.1. The molecule has 0 amide bonds. The maximum Gasteiger partial charge on any atom is 0.238 e. The third-order valence-corrected chi connectivity index (χ3v) is 2.57. The molecule has 2 N–H and O–H groups in total. The van der Waals surface area contributed by atoms with Crippen LogP contribution in [0.4, 0.5) is 0 Å². The Hall–Kier alpha value is -1.62. The number of hydrogen-bond acceptors (Lipinski definition) is 5. The lowest BCUT2D eigenvalue weighted by atomic mass is 9.97. The molecule has 5 nitrogen and oxygen atoms in total. The van der Waals surface area contributed by atoms with Gasteiger partial charge in [0, 0.05) is 6.54 Å². The van der Waals surface area contributed by atoms with E-state index in [1.165, 1.54) is 0 Å². The summed E-state index contributed by atoms with van der Waals surface area (Å²) in [5, 5.41) is 3.90. The molecule has 0 aliphatic rings. The average molecular weight is 235 g/mol. The van der Waals surface area contributed by atoms with Crippen molar-refractivity contribution >= 4 is 0 Å². The fourth-order valence-electron chi connectivity index (χ4n) is 1.77.